The number of hydrogen-bond donors (Lipinski definition) is 0. The summed E-state index contributed by atoms with van der Waals surface area (Å²) in [5, 5.41) is 0. The Bertz CT molecular complexity index is 1110. The van der Waals surface area contributed by atoms with Gasteiger partial charge in [0.05, 0.1) is 49.4 Å². The number of esters is 4. The van der Waals surface area contributed by atoms with Crippen LogP contribution in [0.2, 0.25) is 0 Å². The monoisotopic (exact) mass is 789 g/mol. The molecule has 8 heteroatoms. The average molecular weight is 789 g/mol. The van der Waals surface area contributed by atoms with Gasteiger partial charge in [-0.05, 0) is 74.3 Å². The van der Waals surface area contributed by atoms with E-state index in [1.54, 1.807) is 24.3 Å². The number of unbranched alkanes of at least 4 members (excludes halogenated alkanes) is 4. The fraction of sp³-hybridized carbons (Fsp3) is 0.792. The molecule has 0 radical (unpaired) electrons. The summed E-state index contributed by atoms with van der Waals surface area (Å²) < 4.78 is 22.4. The highest BCUT2D eigenvalue weighted by molar-refractivity contribution is 6.03. The van der Waals surface area contributed by atoms with Crippen molar-refractivity contribution in [3.05, 3.63) is 35.4 Å². The third-order valence-electron chi connectivity index (χ3n) is 11.7. The van der Waals surface area contributed by atoms with Crippen molar-refractivity contribution in [2.45, 2.75) is 184 Å². The van der Waals surface area contributed by atoms with Crippen LogP contribution in [0.1, 0.15) is 206 Å². The Kier molecular flexibility index (Phi) is 29.3. The molecular weight excluding hydrogens is 705 g/mol. The molecule has 0 heterocycles. The minimum absolute atomic E-state index is 0. The lowest BCUT2D eigenvalue weighted by Crippen LogP contribution is -2.36. The molecule has 0 bridgehead atoms. The number of carbonyl (C=O) groups is 4. The Balaban J connectivity index is 0.00000108. The van der Waals surface area contributed by atoms with Crippen LogP contribution in [0.5, 0.6) is 0 Å². The van der Waals surface area contributed by atoms with Crippen molar-refractivity contribution in [3.63, 3.8) is 0 Å². The largest absolute Gasteiger partial charge is 0.465 e. The molecule has 1 aromatic rings. The molecule has 8 nitrogen and oxygen atoms in total. The van der Waals surface area contributed by atoms with Crippen LogP contribution in [0.4, 0.5) is 0 Å². The second-order valence-corrected chi connectivity index (χ2v) is 16.2. The Morgan fingerprint density at radius 2 is 0.786 bits per heavy atom. The summed E-state index contributed by atoms with van der Waals surface area (Å²) in [6, 6.07) is 6.77. The lowest BCUT2D eigenvalue weighted by molar-refractivity contribution is -0.164. The first kappa shape index (κ1) is 51.1. The molecule has 324 valence electrons. The summed E-state index contributed by atoms with van der Waals surface area (Å²) in [6.07, 6.45) is 21.0. The van der Waals surface area contributed by atoms with Gasteiger partial charge >= 0.3 is 23.9 Å². The van der Waals surface area contributed by atoms with Gasteiger partial charge in [0.25, 0.3) is 0 Å². The SMILES string of the molecule is CCCCC(CC)COC(=O)C1CCCCC1C(=O)OCC(CC)CCCC.CCCCC(CC)COC(=O)c1ccccc1C(=O)OCC(CC)CCCC.[HH]. The van der Waals surface area contributed by atoms with Crippen molar-refractivity contribution >= 4 is 23.9 Å². The maximum Gasteiger partial charge on any atom is 0.339 e. The van der Waals surface area contributed by atoms with E-state index in [1.807, 2.05) is 0 Å². The van der Waals surface area contributed by atoms with Gasteiger partial charge in [0.15, 0.2) is 0 Å². The molecule has 1 saturated carbocycles. The molecule has 1 fully saturated rings. The van der Waals surface area contributed by atoms with Gasteiger partial charge in [0, 0.05) is 1.43 Å². The second-order valence-electron chi connectivity index (χ2n) is 16.2. The minimum Gasteiger partial charge on any atom is -0.465 e. The van der Waals surface area contributed by atoms with Crippen molar-refractivity contribution in [2.75, 3.05) is 26.4 Å². The Morgan fingerprint density at radius 1 is 0.500 bits per heavy atom. The summed E-state index contributed by atoms with van der Waals surface area (Å²) in [4.78, 5) is 50.6. The predicted octanol–water partition coefficient (Wildman–Crippen LogP) is 13.0. The summed E-state index contributed by atoms with van der Waals surface area (Å²) in [7, 11) is 0. The van der Waals surface area contributed by atoms with Gasteiger partial charge in [-0.1, -0.05) is 157 Å². The highest BCUT2D eigenvalue weighted by Crippen LogP contribution is 2.33. The maximum absolute atomic E-state index is 12.7. The lowest BCUT2D eigenvalue weighted by Gasteiger charge is -2.29. The molecule has 0 saturated heterocycles. The molecule has 0 amide bonds. The highest BCUT2D eigenvalue weighted by atomic mass is 16.5. The number of carbonyl (C=O) groups excluding carboxylic acids is 4. The molecule has 6 unspecified atom stereocenters. The Labute approximate surface area is 343 Å². The second kappa shape index (κ2) is 32.1. The van der Waals surface area contributed by atoms with Gasteiger partial charge in [0.1, 0.15) is 0 Å². The normalized spacial score (nSPS) is 17.4. The van der Waals surface area contributed by atoms with Crippen LogP contribution in [0.15, 0.2) is 24.3 Å². The lowest BCUT2D eigenvalue weighted by atomic mass is 9.79. The van der Waals surface area contributed by atoms with E-state index >= 15 is 0 Å². The van der Waals surface area contributed by atoms with Gasteiger partial charge in [-0.3, -0.25) is 9.59 Å². The van der Waals surface area contributed by atoms with Crippen molar-refractivity contribution < 1.29 is 39.6 Å². The van der Waals surface area contributed by atoms with Gasteiger partial charge in [-0.15, -0.1) is 0 Å². The summed E-state index contributed by atoms with van der Waals surface area (Å²) in [5.41, 5.74) is 0.582. The van der Waals surface area contributed by atoms with E-state index < -0.39 is 11.9 Å². The minimum atomic E-state index is -0.444. The summed E-state index contributed by atoms with van der Waals surface area (Å²) in [5.74, 6) is -0.297. The Hall–Kier alpha value is -2.90. The van der Waals surface area contributed by atoms with E-state index in [2.05, 4.69) is 55.4 Å². The smallest absolute Gasteiger partial charge is 0.339 e. The number of hydrogen-bond acceptors (Lipinski definition) is 8. The fourth-order valence-corrected chi connectivity index (χ4v) is 7.28. The van der Waals surface area contributed by atoms with Crippen molar-refractivity contribution in [1.29, 1.82) is 0 Å². The van der Waals surface area contributed by atoms with E-state index in [-0.39, 0.29) is 25.2 Å². The molecule has 6 atom stereocenters. The van der Waals surface area contributed by atoms with Crippen LogP contribution in [0, 0.1) is 35.5 Å². The van der Waals surface area contributed by atoms with Crippen LogP contribution < -0.4 is 0 Å². The molecule has 0 aliphatic heterocycles. The van der Waals surface area contributed by atoms with E-state index in [4.69, 9.17) is 18.9 Å². The zero-order valence-electron chi connectivity index (χ0n) is 37.0. The van der Waals surface area contributed by atoms with E-state index in [9.17, 15) is 19.2 Å². The van der Waals surface area contributed by atoms with Gasteiger partial charge < -0.3 is 18.9 Å². The van der Waals surface area contributed by atoms with Crippen LogP contribution in [-0.2, 0) is 28.5 Å². The molecule has 2 rings (SSSR count). The van der Waals surface area contributed by atoms with Crippen LogP contribution >= 0.6 is 0 Å². The highest BCUT2D eigenvalue weighted by Gasteiger charge is 2.38. The van der Waals surface area contributed by atoms with Gasteiger partial charge in [0.2, 0.25) is 0 Å². The number of rotatable bonds is 28. The zero-order valence-corrected chi connectivity index (χ0v) is 37.0. The number of benzene rings is 1. The first-order valence-corrected chi connectivity index (χ1v) is 22.9. The molecule has 0 spiro atoms. The van der Waals surface area contributed by atoms with E-state index in [0.717, 1.165) is 116 Å². The molecule has 56 heavy (non-hydrogen) atoms. The summed E-state index contributed by atoms with van der Waals surface area (Å²) in [6.45, 7) is 19.0. The van der Waals surface area contributed by atoms with Gasteiger partial charge in [-0.2, -0.15) is 0 Å². The molecular formula is C48H84O8. The molecule has 1 aromatic carbocycles. The van der Waals surface area contributed by atoms with Crippen LogP contribution in [0.25, 0.3) is 0 Å². The first-order valence-electron chi connectivity index (χ1n) is 22.9. The first-order chi connectivity index (χ1) is 27.1. The maximum atomic E-state index is 12.7. The van der Waals surface area contributed by atoms with E-state index in [0.29, 0.717) is 61.2 Å². The number of ether oxygens (including phenoxy) is 4. The molecule has 1 aliphatic carbocycles. The van der Waals surface area contributed by atoms with Crippen molar-refractivity contribution in [1.82, 2.24) is 0 Å². The van der Waals surface area contributed by atoms with Crippen LogP contribution in [-0.4, -0.2) is 50.3 Å². The standard InChI is InChI=1S/C24H44O4.C24H38O4.H2/c2*1-5-9-13-19(7-3)17-27-23(25)21-15-11-12-16-22(21)24(26)28-18-20(8-4)14-10-6-2;/h19-22H,5-18H2,1-4H3;11-12,15-16,19-20H,5-10,13-14,17-18H2,1-4H3;1H. The topological polar surface area (TPSA) is 105 Å². The third-order valence-corrected chi connectivity index (χ3v) is 11.7. The van der Waals surface area contributed by atoms with Gasteiger partial charge in [-0.25, -0.2) is 9.59 Å². The van der Waals surface area contributed by atoms with Crippen molar-refractivity contribution in [3.8, 4) is 0 Å². The summed E-state index contributed by atoms with van der Waals surface area (Å²) >= 11 is 0. The molecule has 0 N–H and O–H groups in total. The van der Waals surface area contributed by atoms with Crippen molar-refractivity contribution in [2.24, 2.45) is 35.5 Å². The van der Waals surface area contributed by atoms with E-state index in [1.165, 1.54) is 12.8 Å². The predicted molar refractivity (Wildman–Crippen MR) is 230 cm³/mol. The van der Waals surface area contributed by atoms with Crippen LogP contribution in [0.3, 0.4) is 0 Å². The quantitative estimate of drug-likeness (QED) is 0.0610. The zero-order chi connectivity index (χ0) is 41.6. The third kappa shape index (κ3) is 20.5. The Morgan fingerprint density at radius 3 is 1.05 bits per heavy atom. The average Bonchev–Trinajstić information content (AvgIpc) is 3.23. The molecule has 1 aliphatic rings. The fourth-order valence-electron chi connectivity index (χ4n) is 7.28. The molecule has 0 aromatic heterocycles.